The number of nitrogens with one attached hydrogen (secondary N) is 1. The maximum Gasteiger partial charge on any atom is 0.0426 e. The molecule has 1 N–H and O–H groups in total. The summed E-state index contributed by atoms with van der Waals surface area (Å²) < 4.78 is 0. The SMILES string of the molecule is CNCc1ccccc1N(C)Cc1cccc(C)c1. The molecule has 0 aliphatic heterocycles. The molecule has 0 spiro atoms. The van der Waals surface area contributed by atoms with Gasteiger partial charge in [-0.25, -0.2) is 0 Å². The molecular weight excluding hydrogens is 232 g/mol. The third kappa shape index (κ3) is 3.58. The molecule has 0 saturated heterocycles. The molecule has 19 heavy (non-hydrogen) atoms. The molecule has 0 heterocycles. The molecule has 0 aliphatic carbocycles. The minimum Gasteiger partial charge on any atom is -0.370 e. The molecule has 0 aromatic heterocycles. The predicted molar refractivity (Wildman–Crippen MR) is 82.5 cm³/mol. The number of aryl methyl sites for hydroxylation is 1. The molecule has 0 atom stereocenters. The Hall–Kier alpha value is -1.80. The van der Waals surface area contributed by atoms with Gasteiger partial charge in [-0.1, -0.05) is 48.0 Å². The molecule has 0 amide bonds. The van der Waals surface area contributed by atoms with Crippen LogP contribution >= 0.6 is 0 Å². The van der Waals surface area contributed by atoms with Crippen molar-refractivity contribution in [1.29, 1.82) is 0 Å². The van der Waals surface area contributed by atoms with Gasteiger partial charge in [0, 0.05) is 25.8 Å². The number of hydrogen-bond donors (Lipinski definition) is 1. The Morgan fingerprint density at radius 3 is 2.58 bits per heavy atom. The summed E-state index contributed by atoms with van der Waals surface area (Å²) in [5.74, 6) is 0. The Morgan fingerprint density at radius 1 is 1.05 bits per heavy atom. The maximum absolute atomic E-state index is 3.23. The summed E-state index contributed by atoms with van der Waals surface area (Å²) >= 11 is 0. The van der Waals surface area contributed by atoms with Crippen molar-refractivity contribution in [2.45, 2.75) is 20.0 Å². The van der Waals surface area contributed by atoms with Crippen LogP contribution in [0.2, 0.25) is 0 Å². The Labute approximate surface area is 116 Å². The van der Waals surface area contributed by atoms with E-state index in [1.54, 1.807) is 0 Å². The van der Waals surface area contributed by atoms with Gasteiger partial charge in [-0.2, -0.15) is 0 Å². The van der Waals surface area contributed by atoms with Crippen LogP contribution in [0, 0.1) is 6.92 Å². The van der Waals surface area contributed by atoms with E-state index in [0.29, 0.717) is 0 Å². The standard InChI is InChI=1S/C17H22N2/c1-14-7-6-8-15(11-14)13-19(3)17-10-5-4-9-16(17)12-18-2/h4-11,18H,12-13H2,1-3H3. The van der Waals surface area contributed by atoms with Crippen LogP contribution in [0.1, 0.15) is 16.7 Å². The molecule has 0 aliphatic rings. The van der Waals surface area contributed by atoms with Crippen LogP contribution in [0.15, 0.2) is 48.5 Å². The van der Waals surface area contributed by atoms with Gasteiger partial charge in [-0.15, -0.1) is 0 Å². The minimum absolute atomic E-state index is 0.897. The Morgan fingerprint density at radius 2 is 1.84 bits per heavy atom. The number of benzene rings is 2. The van der Waals surface area contributed by atoms with Gasteiger partial charge in [0.25, 0.3) is 0 Å². The Kier molecular flexibility index (Phi) is 4.58. The van der Waals surface area contributed by atoms with E-state index < -0.39 is 0 Å². The topological polar surface area (TPSA) is 15.3 Å². The van der Waals surface area contributed by atoms with Crippen LogP contribution in [0.3, 0.4) is 0 Å². The first-order valence-electron chi connectivity index (χ1n) is 6.70. The molecule has 2 heteroatoms. The van der Waals surface area contributed by atoms with Gasteiger partial charge in [-0.05, 0) is 31.2 Å². The molecule has 2 aromatic rings. The van der Waals surface area contributed by atoms with E-state index in [1.165, 1.54) is 22.4 Å². The lowest BCUT2D eigenvalue weighted by atomic mass is 10.1. The van der Waals surface area contributed by atoms with Crippen molar-refractivity contribution in [3.63, 3.8) is 0 Å². The molecule has 0 radical (unpaired) electrons. The molecule has 2 nitrogen and oxygen atoms in total. The zero-order valence-electron chi connectivity index (χ0n) is 12.0. The van der Waals surface area contributed by atoms with Crippen LogP contribution in [0.25, 0.3) is 0 Å². The van der Waals surface area contributed by atoms with Crippen molar-refractivity contribution in [3.05, 3.63) is 65.2 Å². The van der Waals surface area contributed by atoms with Crippen molar-refractivity contribution in [3.8, 4) is 0 Å². The Balaban J connectivity index is 2.17. The Bertz CT molecular complexity index is 534. The predicted octanol–water partition coefficient (Wildman–Crippen LogP) is 3.35. The highest BCUT2D eigenvalue weighted by atomic mass is 15.1. The lowest BCUT2D eigenvalue weighted by molar-refractivity contribution is 0.805. The minimum atomic E-state index is 0.897. The lowest BCUT2D eigenvalue weighted by Crippen LogP contribution is -2.19. The average molecular weight is 254 g/mol. The van der Waals surface area contributed by atoms with Crippen LogP contribution < -0.4 is 10.2 Å². The quantitative estimate of drug-likeness (QED) is 0.880. The molecule has 2 aromatic carbocycles. The molecular formula is C17H22N2. The smallest absolute Gasteiger partial charge is 0.0426 e. The molecule has 0 saturated carbocycles. The first kappa shape index (κ1) is 13.6. The van der Waals surface area contributed by atoms with Gasteiger partial charge in [0.05, 0.1) is 0 Å². The second kappa shape index (κ2) is 6.39. The fourth-order valence-electron chi connectivity index (χ4n) is 2.39. The highest BCUT2D eigenvalue weighted by Crippen LogP contribution is 2.21. The highest BCUT2D eigenvalue weighted by molar-refractivity contribution is 5.53. The number of para-hydroxylation sites is 1. The highest BCUT2D eigenvalue weighted by Gasteiger charge is 2.06. The van der Waals surface area contributed by atoms with Crippen LogP contribution in [0.5, 0.6) is 0 Å². The lowest BCUT2D eigenvalue weighted by Gasteiger charge is -2.22. The number of rotatable bonds is 5. The second-order valence-corrected chi connectivity index (χ2v) is 5.00. The zero-order chi connectivity index (χ0) is 13.7. The van der Waals surface area contributed by atoms with E-state index in [-0.39, 0.29) is 0 Å². The molecule has 0 unspecified atom stereocenters. The second-order valence-electron chi connectivity index (χ2n) is 5.00. The van der Waals surface area contributed by atoms with Crippen LogP contribution in [-0.2, 0) is 13.1 Å². The van der Waals surface area contributed by atoms with Crippen molar-refractivity contribution in [2.75, 3.05) is 19.0 Å². The van der Waals surface area contributed by atoms with Crippen LogP contribution in [0.4, 0.5) is 5.69 Å². The summed E-state index contributed by atoms with van der Waals surface area (Å²) in [6, 6.07) is 17.2. The van der Waals surface area contributed by atoms with E-state index in [4.69, 9.17) is 0 Å². The van der Waals surface area contributed by atoms with Gasteiger partial charge < -0.3 is 10.2 Å². The van der Waals surface area contributed by atoms with Crippen molar-refractivity contribution < 1.29 is 0 Å². The molecule has 100 valence electrons. The molecule has 2 rings (SSSR count). The first-order valence-corrected chi connectivity index (χ1v) is 6.70. The summed E-state index contributed by atoms with van der Waals surface area (Å²) in [4.78, 5) is 2.31. The largest absolute Gasteiger partial charge is 0.370 e. The molecule has 0 bridgehead atoms. The zero-order valence-corrected chi connectivity index (χ0v) is 12.0. The van der Waals surface area contributed by atoms with Gasteiger partial charge in [0.1, 0.15) is 0 Å². The summed E-state index contributed by atoms with van der Waals surface area (Å²) in [7, 11) is 4.13. The monoisotopic (exact) mass is 254 g/mol. The van der Waals surface area contributed by atoms with E-state index in [9.17, 15) is 0 Å². The number of nitrogens with zero attached hydrogens (tertiary/aromatic N) is 1. The van der Waals surface area contributed by atoms with E-state index in [2.05, 4.69) is 72.7 Å². The number of anilines is 1. The fourth-order valence-corrected chi connectivity index (χ4v) is 2.39. The summed E-state index contributed by atoms with van der Waals surface area (Å²) in [6.07, 6.45) is 0. The van der Waals surface area contributed by atoms with E-state index >= 15 is 0 Å². The van der Waals surface area contributed by atoms with Gasteiger partial charge in [0.2, 0.25) is 0 Å². The third-order valence-corrected chi connectivity index (χ3v) is 3.27. The van der Waals surface area contributed by atoms with E-state index in [1.807, 2.05) is 7.05 Å². The number of hydrogen-bond acceptors (Lipinski definition) is 2. The van der Waals surface area contributed by atoms with Crippen molar-refractivity contribution in [2.24, 2.45) is 0 Å². The van der Waals surface area contributed by atoms with Gasteiger partial charge in [-0.3, -0.25) is 0 Å². The van der Waals surface area contributed by atoms with Crippen molar-refractivity contribution in [1.82, 2.24) is 5.32 Å². The van der Waals surface area contributed by atoms with E-state index in [0.717, 1.165) is 13.1 Å². The first-order chi connectivity index (χ1) is 9.20. The summed E-state index contributed by atoms with van der Waals surface area (Å²) in [5, 5.41) is 3.23. The maximum atomic E-state index is 3.23. The van der Waals surface area contributed by atoms with Gasteiger partial charge in [0.15, 0.2) is 0 Å². The average Bonchev–Trinajstić information content (AvgIpc) is 2.39. The molecule has 0 fully saturated rings. The fraction of sp³-hybridized carbons (Fsp3) is 0.294. The third-order valence-electron chi connectivity index (χ3n) is 3.27. The van der Waals surface area contributed by atoms with Gasteiger partial charge >= 0.3 is 0 Å². The summed E-state index contributed by atoms with van der Waals surface area (Å²) in [5.41, 5.74) is 5.29. The normalized spacial score (nSPS) is 10.5. The van der Waals surface area contributed by atoms with Crippen LogP contribution in [-0.4, -0.2) is 14.1 Å². The van der Waals surface area contributed by atoms with Crippen molar-refractivity contribution >= 4 is 5.69 Å². The summed E-state index contributed by atoms with van der Waals surface area (Å²) in [6.45, 7) is 3.97.